The number of hydrogen-bond donors (Lipinski definition) is 0. The second-order valence-corrected chi connectivity index (χ2v) is 13.2. The van der Waals surface area contributed by atoms with Gasteiger partial charge in [-0.15, -0.1) is 0 Å². The number of allylic oxidation sites excluding steroid dienone is 1. The van der Waals surface area contributed by atoms with Gasteiger partial charge in [0.2, 0.25) is 0 Å². The molecule has 0 aromatic carbocycles. The highest BCUT2D eigenvalue weighted by Gasteiger charge is 2.60. The third-order valence-corrected chi connectivity index (χ3v) is 11.4. The van der Waals surface area contributed by atoms with Gasteiger partial charge in [-0.1, -0.05) is 46.8 Å². The molecule has 0 N–H and O–H groups in total. The van der Waals surface area contributed by atoms with Crippen molar-refractivity contribution in [3.63, 3.8) is 0 Å². The highest BCUT2D eigenvalue weighted by atomic mass is 16.5. The molecule has 32 heavy (non-hydrogen) atoms. The van der Waals surface area contributed by atoms with Crippen molar-refractivity contribution in [2.75, 3.05) is 0 Å². The van der Waals surface area contributed by atoms with E-state index in [1.165, 1.54) is 63.4 Å². The standard InChI is InChI=1S/C30H50O2/c1-19(2)20(3)8-9-21(4)26-12-13-27-25-11-10-23-18-24(32-22(5)31)14-16-29(23,6)28(25)15-17-30(26,27)7/h19,21,23-28H,3,8-18H2,1-2,4-7H3/t21-,23+,24+,25+,26-,27+,28+,29+,30-/m1/s1. The highest BCUT2D eigenvalue weighted by molar-refractivity contribution is 5.66. The van der Waals surface area contributed by atoms with Gasteiger partial charge in [0.1, 0.15) is 6.10 Å². The second kappa shape index (κ2) is 9.10. The SMILES string of the molecule is C=C(CC[C@@H](C)[C@H]1CC[C@H]2[C@@H]3CC[C@H]4C[C@@H](OC(C)=O)CC[C@]4(C)[C@H]3CC[C@]12C)C(C)C. The lowest BCUT2D eigenvalue weighted by Crippen LogP contribution is -2.54. The van der Waals surface area contributed by atoms with E-state index in [2.05, 4.69) is 41.2 Å². The normalized spacial score (nSPS) is 44.3. The van der Waals surface area contributed by atoms with E-state index in [1.807, 2.05) is 0 Å². The number of esters is 1. The van der Waals surface area contributed by atoms with Gasteiger partial charge in [-0.05, 0) is 123 Å². The van der Waals surface area contributed by atoms with Gasteiger partial charge in [0.25, 0.3) is 0 Å². The predicted molar refractivity (Wildman–Crippen MR) is 133 cm³/mol. The first-order valence-corrected chi connectivity index (χ1v) is 13.9. The summed E-state index contributed by atoms with van der Waals surface area (Å²) < 4.78 is 5.66. The lowest BCUT2D eigenvalue weighted by Gasteiger charge is -2.61. The third kappa shape index (κ3) is 4.22. The zero-order valence-electron chi connectivity index (χ0n) is 21.9. The van der Waals surface area contributed by atoms with E-state index in [0.29, 0.717) is 16.7 Å². The van der Waals surface area contributed by atoms with Crippen LogP contribution in [0.2, 0.25) is 0 Å². The van der Waals surface area contributed by atoms with Crippen LogP contribution in [0.3, 0.4) is 0 Å². The maximum absolute atomic E-state index is 11.5. The number of hydrogen-bond acceptors (Lipinski definition) is 2. The van der Waals surface area contributed by atoms with E-state index in [0.717, 1.165) is 48.3 Å². The minimum absolute atomic E-state index is 0.0937. The van der Waals surface area contributed by atoms with Gasteiger partial charge in [-0.2, -0.15) is 0 Å². The predicted octanol–water partition coefficient (Wildman–Crippen LogP) is 8.21. The summed E-state index contributed by atoms with van der Waals surface area (Å²) in [7, 11) is 0. The summed E-state index contributed by atoms with van der Waals surface area (Å²) in [6.07, 6.45) is 14.7. The summed E-state index contributed by atoms with van der Waals surface area (Å²) >= 11 is 0. The molecule has 0 aromatic heterocycles. The van der Waals surface area contributed by atoms with Gasteiger partial charge in [-0.25, -0.2) is 0 Å². The maximum atomic E-state index is 11.5. The first-order valence-electron chi connectivity index (χ1n) is 13.9. The minimum Gasteiger partial charge on any atom is -0.463 e. The Balaban J connectivity index is 1.44. The molecular weight excluding hydrogens is 392 g/mol. The molecule has 2 nitrogen and oxygen atoms in total. The number of fused-ring (bicyclic) bond motifs is 5. The molecule has 0 amide bonds. The fraction of sp³-hybridized carbons (Fsp3) is 0.900. The van der Waals surface area contributed by atoms with E-state index in [9.17, 15) is 4.79 Å². The van der Waals surface area contributed by atoms with Crippen LogP contribution >= 0.6 is 0 Å². The van der Waals surface area contributed by atoms with Crippen LogP contribution in [0.25, 0.3) is 0 Å². The number of ether oxygens (including phenoxy) is 1. The zero-order chi connectivity index (χ0) is 23.3. The summed E-state index contributed by atoms with van der Waals surface area (Å²) in [5.74, 6) is 5.77. The molecule has 0 bridgehead atoms. The molecule has 182 valence electrons. The van der Waals surface area contributed by atoms with Gasteiger partial charge in [0.05, 0.1) is 0 Å². The van der Waals surface area contributed by atoms with Gasteiger partial charge < -0.3 is 4.74 Å². The molecule has 9 atom stereocenters. The lowest BCUT2D eigenvalue weighted by molar-refractivity contribution is -0.160. The van der Waals surface area contributed by atoms with Crippen LogP contribution < -0.4 is 0 Å². The summed E-state index contributed by atoms with van der Waals surface area (Å²) in [6.45, 7) is 18.3. The maximum Gasteiger partial charge on any atom is 0.302 e. The Bertz CT molecular complexity index is 710. The molecular formula is C30H50O2. The molecule has 0 unspecified atom stereocenters. The van der Waals surface area contributed by atoms with Crippen LogP contribution in [0.15, 0.2) is 12.2 Å². The molecule has 4 rings (SSSR count). The molecule has 4 fully saturated rings. The van der Waals surface area contributed by atoms with E-state index >= 15 is 0 Å². The summed E-state index contributed by atoms with van der Waals surface area (Å²) in [5, 5.41) is 0. The summed E-state index contributed by atoms with van der Waals surface area (Å²) in [5.41, 5.74) is 2.47. The zero-order valence-corrected chi connectivity index (χ0v) is 21.9. The van der Waals surface area contributed by atoms with Gasteiger partial charge >= 0.3 is 5.97 Å². The minimum atomic E-state index is -0.0937. The lowest BCUT2D eigenvalue weighted by atomic mass is 9.44. The topological polar surface area (TPSA) is 26.3 Å². The Kier molecular flexibility index (Phi) is 6.92. The monoisotopic (exact) mass is 442 g/mol. The molecule has 4 saturated carbocycles. The van der Waals surface area contributed by atoms with Crippen LogP contribution in [0.5, 0.6) is 0 Å². The number of carbonyl (C=O) groups is 1. The van der Waals surface area contributed by atoms with Gasteiger partial charge in [0.15, 0.2) is 0 Å². The Labute approximate surface area is 198 Å². The summed E-state index contributed by atoms with van der Waals surface area (Å²) in [4.78, 5) is 11.5. The molecule has 0 radical (unpaired) electrons. The van der Waals surface area contributed by atoms with Gasteiger partial charge in [0, 0.05) is 6.92 Å². The fourth-order valence-electron chi connectivity index (χ4n) is 9.44. The quantitative estimate of drug-likeness (QED) is 0.306. The Morgan fingerprint density at radius 3 is 2.34 bits per heavy atom. The smallest absolute Gasteiger partial charge is 0.302 e. The molecule has 0 spiro atoms. The Morgan fingerprint density at radius 2 is 1.66 bits per heavy atom. The third-order valence-electron chi connectivity index (χ3n) is 11.4. The first kappa shape index (κ1) is 24.3. The summed E-state index contributed by atoms with van der Waals surface area (Å²) in [6, 6.07) is 0. The van der Waals surface area contributed by atoms with E-state index in [-0.39, 0.29) is 12.1 Å². The van der Waals surface area contributed by atoms with E-state index < -0.39 is 0 Å². The average Bonchev–Trinajstić information content (AvgIpc) is 3.08. The molecule has 0 saturated heterocycles. The van der Waals surface area contributed by atoms with Crippen molar-refractivity contribution in [2.45, 2.75) is 118 Å². The Morgan fingerprint density at radius 1 is 0.969 bits per heavy atom. The molecule has 0 aliphatic heterocycles. The van der Waals surface area contributed by atoms with Crippen LogP contribution in [-0.2, 0) is 9.53 Å². The molecule has 0 heterocycles. The first-order chi connectivity index (χ1) is 15.1. The van der Waals surface area contributed by atoms with Crippen molar-refractivity contribution in [3.8, 4) is 0 Å². The second-order valence-electron chi connectivity index (χ2n) is 13.2. The van der Waals surface area contributed by atoms with Crippen LogP contribution in [0.4, 0.5) is 0 Å². The largest absolute Gasteiger partial charge is 0.463 e. The molecule has 4 aliphatic rings. The number of rotatable bonds is 6. The number of carbonyl (C=O) groups excluding carboxylic acids is 1. The van der Waals surface area contributed by atoms with Crippen molar-refractivity contribution in [1.82, 2.24) is 0 Å². The van der Waals surface area contributed by atoms with Crippen molar-refractivity contribution >= 4 is 5.97 Å². The highest BCUT2D eigenvalue weighted by Crippen LogP contribution is 2.68. The van der Waals surface area contributed by atoms with Crippen LogP contribution in [-0.4, -0.2) is 12.1 Å². The van der Waals surface area contributed by atoms with Crippen LogP contribution in [0, 0.1) is 52.3 Å². The van der Waals surface area contributed by atoms with Crippen molar-refractivity contribution in [3.05, 3.63) is 12.2 Å². The van der Waals surface area contributed by atoms with E-state index in [4.69, 9.17) is 4.74 Å². The van der Waals surface area contributed by atoms with Crippen molar-refractivity contribution in [2.24, 2.45) is 52.3 Å². The molecule has 4 aliphatic carbocycles. The average molecular weight is 443 g/mol. The Hall–Kier alpha value is -0.790. The van der Waals surface area contributed by atoms with Crippen LogP contribution in [0.1, 0.15) is 112 Å². The fourth-order valence-corrected chi connectivity index (χ4v) is 9.44. The van der Waals surface area contributed by atoms with Gasteiger partial charge in [-0.3, -0.25) is 4.79 Å². The molecule has 2 heteroatoms. The van der Waals surface area contributed by atoms with Crippen molar-refractivity contribution in [1.29, 1.82) is 0 Å². The molecule has 0 aromatic rings. The van der Waals surface area contributed by atoms with Crippen molar-refractivity contribution < 1.29 is 9.53 Å². The van der Waals surface area contributed by atoms with E-state index in [1.54, 1.807) is 6.92 Å².